The third kappa shape index (κ3) is 3.49. The van der Waals surface area contributed by atoms with E-state index in [1.807, 2.05) is 0 Å². The summed E-state index contributed by atoms with van der Waals surface area (Å²) >= 11 is 0. The summed E-state index contributed by atoms with van der Waals surface area (Å²) in [6.45, 7) is 8.65. The molecule has 132 valence electrons. The van der Waals surface area contributed by atoms with E-state index in [0.29, 0.717) is 11.8 Å². The second-order valence-electron chi connectivity index (χ2n) is 8.53. The molecule has 0 aromatic rings. The third-order valence-corrected chi connectivity index (χ3v) is 6.32. The zero-order valence-electron chi connectivity index (χ0n) is 15.4. The first-order valence-corrected chi connectivity index (χ1v) is 9.59. The standard InChI is InChI=1S/C19H34N2O2/c1-5-15-12-18(23-19(13-20-19)17(15)22)9-6-16(7-10-18)21(4)11-8-14(2)3/h14-16,20H,5-13H2,1-4H3. The molecule has 1 saturated carbocycles. The van der Waals surface area contributed by atoms with Crippen LogP contribution in [-0.4, -0.2) is 48.2 Å². The molecule has 0 radical (unpaired) electrons. The average Bonchev–Trinajstić information content (AvgIpc) is 3.29. The maximum Gasteiger partial charge on any atom is 0.192 e. The SMILES string of the molecule is CCC1CC2(CCC(N(C)CCC(C)C)CC2)OC2(CN2)C1=O. The van der Waals surface area contributed by atoms with Gasteiger partial charge in [0.15, 0.2) is 11.5 Å². The smallest absolute Gasteiger partial charge is 0.192 e. The average molecular weight is 322 g/mol. The lowest BCUT2D eigenvalue weighted by molar-refractivity contribution is -0.189. The van der Waals surface area contributed by atoms with Gasteiger partial charge >= 0.3 is 0 Å². The predicted octanol–water partition coefficient (Wildman–Crippen LogP) is 2.96. The van der Waals surface area contributed by atoms with Gasteiger partial charge in [0.1, 0.15) is 0 Å². The van der Waals surface area contributed by atoms with Crippen molar-refractivity contribution >= 4 is 5.78 Å². The summed E-state index contributed by atoms with van der Waals surface area (Å²) in [7, 11) is 2.27. The van der Waals surface area contributed by atoms with Crippen LogP contribution in [0.4, 0.5) is 0 Å². The lowest BCUT2D eigenvalue weighted by Gasteiger charge is -2.48. The minimum absolute atomic E-state index is 0.0481. The van der Waals surface area contributed by atoms with Crippen LogP contribution in [0.1, 0.15) is 65.7 Å². The molecule has 2 heterocycles. The Bertz CT molecular complexity index is 437. The van der Waals surface area contributed by atoms with E-state index in [2.05, 4.69) is 38.0 Å². The largest absolute Gasteiger partial charge is 0.345 e. The first kappa shape index (κ1) is 17.4. The van der Waals surface area contributed by atoms with Gasteiger partial charge in [0.05, 0.1) is 5.60 Å². The summed E-state index contributed by atoms with van der Waals surface area (Å²) in [5, 5.41) is 3.22. The summed E-state index contributed by atoms with van der Waals surface area (Å²) in [5.41, 5.74) is -0.650. The zero-order chi connectivity index (χ0) is 16.7. The quantitative estimate of drug-likeness (QED) is 0.791. The Balaban J connectivity index is 1.58. The predicted molar refractivity (Wildman–Crippen MR) is 92.3 cm³/mol. The van der Waals surface area contributed by atoms with E-state index in [9.17, 15) is 4.79 Å². The van der Waals surface area contributed by atoms with E-state index in [1.165, 1.54) is 25.8 Å². The fourth-order valence-corrected chi connectivity index (χ4v) is 4.51. The molecule has 2 spiro atoms. The summed E-state index contributed by atoms with van der Waals surface area (Å²) in [5.74, 6) is 1.27. The van der Waals surface area contributed by atoms with Crippen molar-refractivity contribution in [2.75, 3.05) is 20.1 Å². The monoisotopic (exact) mass is 322 g/mol. The van der Waals surface area contributed by atoms with Crippen LogP contribution in [-0.2, 0) is 9.53 Å². The highest BCUT2D eigenvalue weighted by molar-refractivity contribution is 5.92. The number of nitrogens with zero attached hydrogens (tertiary/aromatic N) is 1. The van der Waals surface area contributed by atoms with Gasteiger partial charge in [-0.3, -0.25) is 10.1 Å². The molecule has 4 nitrogen and oxygen atoms in total. The molecule has 0 amide bonds. The lowest BCUT2D eigenvalue weighted by Crippen LogP contribution is -2.55. The van der Waals surface area contributed by atoms with E-state index in [0.717, 1.165) is 38.1 Å². The molecule has 1 aliphatic carbocycles. The molecule has 0 aromatic heterocycles. The van der Waals surface area contributed by atoms with Crippen molar-refractivity contribution in [3.63, 3.8) is 0 Å². The topological polar surface area (TPSA) is 51.5 Å². The fourth-order valence-electron chi connectivity index (χ4n) is 4.51. The molecule has 1 N–H and O–H groups in total. The molecular weight excluding hydrogens is 288 g/mol. The minimum atomic E-state index is -0.602. The number of rotatable bonds is 5. The Hall–Kier alpha value is -0.450. The van der Waals surface area contributed by atoms with Gasteiger partial charge in [-0.15, -0.1) is 0 Å². The number of hydrogen-bond donors (Lipinski definition) is 1. The van der Waals surface area contributed by atoms with Crippen molar-refractivity contribution in [3.05, 3.63) is 0 Å². The highest BCUT2D eigenvalue weighted by Gasteiger charge is 2.61. The van der Waals surface area contributed by atoms with Crippen LogP contribution in [0.5, 0.6) is 0 Å². The van der Waals surface area contributed by atoms with Crippen molar-refractivity contribution in [1.82, 2.24) is 10.2 Å². The summed E-state index contributed by atoms with van der Waals surface area (Å²) < 4.78 is 6.40. The number of carbonyl (C=O) groups excluding carboxylic acids is 1. The highest BCUT2D eigenvalue weighted by atomic mass is 16.6. The molecular formula is C19H34N2O2. The summed E-state index contributed by atoms with van der Waals surface area (Å²) in [4.78, 5) is 15.0. The van der Waals surface area contributed by atoms with E-state index in [4.69, 9.17) is 4.74 Å². The van der Waals surface area contributed by atoms with Gasteiger partial charge in [-0.1, -0.05) is 20.8 Å². The number of Topliss-reactive ketones (excluding diaryl/α,β-unsaturated/α-hetero) is 1. The summed E-state index contributed by atoms with van der Waals surface area (Å²) in [6, 6.07) is 0.684. The maximum atomic E-state index is 12.5. The number of ether oxygens (including phenoxy) is 1. The zero-order valence-corrected chi connectivity index (χ0v) is 15.4. The van der Waals surface area contributed by atoms with Gasteiger partial charge in [-0.05, 0) is 64.5 Å². The molecule has 0 bridgehead atoms. The van der Waals surface area contributed by atoms with Crippen LogP contribution in [0, 0.1) is 11.8 Å². The Morgan fingerprint density at radius 2 is 2.00 bits per heavy atom. The van der Waals surface area contributed by atoms with Crippen LogP contribution in [0.15, 0.2) is 0 Å². The summed E-state index contributed by atoms with van der Waals surface area (Å²) in [6.07, 6.45) is 7.78. The van der Waals surface area contributed by atoms with Crippen LogP contribution in [0.2, 0.25) is 0 Å². The maximum absolute atomic E-state index is 12.5. The number of carbonyl (C=O) groups is 1. The molecule has 3 rings (SSSR count). The minimum Gasteiger partial charge on any atom is -0.345 e. The van der Waals surface area contributed by atoms with Crippen molar-refractivity contribution in [2.24, 2.45) is 11.8 Å². The van der Waals surface area contributed by atoms with E-state index >= 15 is 0 Å². The Kier molecular flexibility index (Phi) is 4.88. The first-order valence-electron chi connectivity index (χ1n) is 9.59. The number of hydrogen-bond acceptors (Lipinski definition) is 4. The Labute approximate surface area is 141 Å². The molecule has 2 aliphatic heterocycles. The van der Waals surface area contributed by atoms with Gasteiger partial charge in [0, 0.05) is 18.5 Å². The van der Waals surface area contributed by atoms with Crippen LogP contribution >= 0.6 is 0 Å². The first-order chi connectivity index (χ1) is 10.9. The molecule has 4 heteroatoms. The molecule has 2 saturated heterocycles. The lowest BCUT2D eigenvalue weighted by atomic mass is 9.72. The molecule has 0 aromatic carbocycles. The fraction of sp³-hybridized carbons (Fsp3) is 0.947. The van der Waals surface area contributed by atoms with Crippen molar-refractivity contribution in [3.8, 4) is 0 Å². The van der Waals surface area contributed by atoms with Gasteiger partial charge in [-0.25, -0.2) is 0 Å². The van der Waals surface area contributed by atoms with Crippen LogP contribution < -0.4 is 5.32 Å². The molecule has 2 unspecified atom stereocenters. The van der Waals surface area contributed by atoms with Gasteiger partial charge < -0.3 is 9.64 Å². The molecule has 23 heavy (non-hydrogen) atoms. The number of nitrogens with one attached hydrogen (secondary N) is 1. The number of ketones is 1. The molecule has 3 aliphatic rings. The second kappa shape index (κ2) is 6.45. The van der Waals surface area contributed by atoms with Crippen molar-refractivity contribution in [2.45, 2.75) is 83.1 Å². The van der Waals surface area contributed by atoms with E-state index < -0.39 is 5.72 Å². The molecule has 3 fully saturated rings. The van der Waals surface area contributed by atoms with Gasteiger partial charge in [0.25, 0.3) is 0 Å². The Morgan fingerprint density at radius 1 is 1.35 bits per heavy atom. The third-order valence-electron chi connectivity index (χ3n) is 6.32. The van der Waals surface area contributed by atoms with Crippen molar-refractivity contribution < 1.29 is 9.53 Å². The normalized spacial score (nSPS) is 40.5. The van der Waals surface area contributed by atoms with Crippen LogP contribution in [0.3, 0.4) is 0 Å². The molecule has 2 atom stereocenters. The Morgan fingerprint density at radius 3 is 2.52 bits per heavy atom. The van der Waals surface area contributed by atoms with E-state index in [-0.39, 0.29) is 11.5 Å². The van der Waals surface area contributed by atoms with Gasteiger partial charge in [-0.2, -0.15) is 0 Å². The van der Waals surface area contributed by atoms with E-state index in [1.54, 1.807) is 0 Å². The van der Waals surface area contributed by atoms with Crippen LogP contribution in [0.25, 0.3) is 0 Å². The van der Waals surface area contributed by atoms with Gasteiger partial charge in [0.2, 0.25) is 0 Å². The van der Waals surface area contributed by atoms with Crippen molar-refractivity contribution in [1.29, 1.82) is 0 Å². The second-order valence-corrected chi connectivity index (χ2v) is 8.53. The highest BCUT2D eigenvalue weighted by Crippen LogP contribution is 2.48.